The highest BCUT2D eigenvalue weighted by molar-refractivity contribution is 5.85. The van der Waals surface area contributed by atoms with Crippen LogP contribution in [0.5, 0.6) is 0 Å². The Bertz CT molecular complexity index is 339. The summed E-state index contributed by atoms with van der Waals surface area (Å²) in [6.07, 6.45) is 5.74. The van der Waals surface area contributed by atoms with Crippen LogP contribution in [0, 0.1) is 17.8 Å². The SMILES string of the molecule is CCN(CC)CC(C)NC(=O)C1CC2CCCC(C1)C2N.Cl.Cl. The molecular formula is C17H35Cl2N3O. The highest BCUT2D eigenvalue weighted by atomic mass is 35.5. The third kappa shape index (κ3) is 6.08. The van der Waals surface area contributed by atoms with E-state index in [4.69, 9.17) is 5.73 Å². The van der Waals surface area contributed by atoms with Gasteiger partial charge in [-0.3, -0.25) is 4.79 Å². The van der Waals surface area contributed by atoms with Gasteiger partial charge in [0, 0.05) is 24.5 Å². The standard InChI is InChI=1S/C17H33N3O.2ClH/c1-4-20(5-2)11-12(3)19-17(21)15-9-13-7-6-8-14(10-15)16(13)18;;/h12-16H,4-11,18H2,1-3H3,(H,19,21);2*1H. The average Bonchev–Trinajstić information content (AvgIpc) is 2.44. The van der Waals surface area contributed by atoms with E-state index < -0.39 is 0 Å². The molecule has 0 spiro atoms. The molecule has 1 amide bonds. The zero-order chi connectivity index (χ0) is 15.4. The molecule has 2 aliphatic rings. The Morgan fingerprint density at radius 1 is 1.17 bits per heavy atom. The van der Waals surface area contributed by atoms with Crippen LogP contribution in [0.2, 0.25) is 0 Å². The number of nitrogens with one attached hydrogen (secondary N) is 1. The van der Waals surface area contributed by atoms with Gasteiger partial charge in [0.1, 0.15) is 0 Å². The average molecular weight is 368 g/mol. The molecule has 3 N–H and O–H groups in total. The minimum atomic E-state index is 0. The monoisotopic (exact) mass is 367 g/mol. The van der Waals surface area contributed by atoms with Crippen LogP contribution < -0.4 is 11.1 Å². The van der Waals surface area contributed by atoms with E-state index in [1.54, 1.807) is 0 Å². The molecule has 3 atom stereocenters. The summed E-state index contributed by atoms with van der Waals surface area (Å²) in [4.78, 5) is 14.9. The molecule has 0 radical (unpaired) electrons. The first-order valence-corrected chi connectivity index (χ1v) is 8.83. The maximum Gasteiger partial charge on any atom is 0.223 e. The van der Waals surface area contributed by atoms with Gasteiger partial charge in [0.15, 0.2) is 0 Å². The second-order valence-corrected chi connectivity index (χ2v) is 7.09. The zero-order valence-corrected chi connectivity index (χ0v) is 16.4. The van der Waals surface area contributed by atoms with Gasteiger partial charge in [-0.05, 0) is 57.5 Å². The molecular weight excluding hydrogens is 333 g/mol. The molecule has 0 aromatic carbocycles. The van der Waals surface area contributed by atoms with E-state index in [-0.39, 0.29) is 42.7 Å². The van der Waals surface area contributed by atoms with Crippen LogP contribution in [0.25, 0.3) is 0 Å². The topological polar surface area (TPSA) is 58.4 Å². The number of carbonyl (C=O) groups is 1. The van der Waals surface area contributed by atoms with E-state index in [0.29, 0.717) is 17.9 Å². The molecule has 0 saturated heterocycles. The Labute approximate surface area is 154 Å². The van der Waals surface area contributed by atoms with Crippen LogP contribution >= 0.6 is 24.8 Å². The highest BCUT2D eigenvalue weighted by Gasteiger charge is 2.40. The first-order chi connectivity index (χ1) is 10.0. The van der Waals surface area contributed by atoms with Crippen LogP contribution in [-0.2, 0) is 4.79 Å². The van der Waals surface area contributed by atoms with Crippen molar-refractivity contribution in [2.45, 2.75) is 65.0 Å². The van der Waals surface area contributed by atoms with Gasteiger partial charge in [0.2, 0.25) is 5.91 Å². The van der Waals surface area contributed by atoms with Crippen LogP contribution in [0.4, 0.5) is 0 Å². The lowest BCUT2D eigenvalue weighted by atomic mass is 9.65. The molecule has 3 unspecified atom stereocenters. The number of nitrogens with zero attached hydrogens (tertiary/aromatic N) is 1. The van der Waals surface area contributed by atoms with Crippen LogP contribution in [0.15, 0.2) is 0 Å². The molecule has 2 bridgehead atoms. The third-order valence-electron chi connectivity index (χ3n) is 5.60. The second kappa shape index (κ2) is 10.8. The maximum atomic E-state index is 12.5. The zero-order valence-electron chi connectivity index (χ0n) is 14.8. The van der Waals surface area contributed by atoms with Gasteiger partial charge in [0.05, 0.1) is 0 Å². The minimum Gasteiger partial charge on any atom is -0.352 e. The summed E-state index contributed by atoms with van der Waals surface area (Å²) in [6.45, 7) is 9.48. The van der Waals surface area contributed by atoms with Crippen molar-refractivity contribution >= 4 is 30.7 Å². The molecule has 6 heteroatoms. The molecule has 0 aromatic rings. The fraction of sp³-hybridized carbons (Fsp3) is 0.941. The van der Waals surface area contributed by atoms with Crippen molar-refractivity contribution in [3.8, 4) is 0 Å². The minimum absolute atomic E-state index is 0. The molecule has 2 saturated carbocycles. The Kier molecular flexibility index (Phi) is 10.7. The molecule has 23 heavy (non-hydrogen) atoms. The molecule has 0 aromatic heterocycles. The summed E-state index contributed by atoms with van der Waals surface area (Å²) >= 11 is 0. The van der Waals surface area contributed by atoms with E-state index in [1.165, 1.54) is 19.3 Å². The maximum absolute atomic E-state index is 12.5. The van der Waals surface area contributed by atoms with Gasteiger partial charge in [0.25, 0.3) is 0 Å². The summed E-state index contributed by atoms with van der Waals surface area (Å²) in [5.41, 5.74) is 6.31. The Balaban J connectivity index is 0.00000242. The first kappa shape index (κ1) is 23.0. The second-order valence-electron chi connectivity index (χ2n) is 7.09. The summed E-state index contributed by atoms with van der Waals surface area (Å²) in [5.74, 6) is 1.61. The van der Waals surface area contributed by atoms with Crippen molar-refractivity contribution in [3.63, 3.8) is 0 Å². The molecule has 0 aliphatic heterocycles. The third-order valence-corrected chi connectivity index (χ3v) is 5.60. The van der Waals surface area contributed by atoms with Gasteiger partial charge in [-0.2, -0.15) is 0 Å². The molecule has 0 heterocycles. The van der Waals surface area contributed by atoms with Gasteiger partial charge in [-0.15, -0.1) is 24.8 Å². The van der Waals surface area contributed by atoms with Gasteiger partial charge >= 0.3 is 0 Å². The smallest absolute Gasteiger partial charge is 0.223 e. The Morgan fingerprint density at radius 3 is 2.17 bits per heavy atom. The normalized spacial score (nSPS) is 30.8. The fourth-order valence-electron chi connectivity index (χ4n) is 4.28. The van der Waals surface area contributed by atoms with E-state index in [0.717, 1.165) is 32.5 Å². The quantitative estimate of drug-likeness (QED) is 0.758. The predicted molar refractivity (Wildman–Crippen MR) is 101 cm³/mol. The fourth-order valence-corrected chi connectivity index (χ4v) is 4.28. The largest absolute Gasteiger partial charge is 0.352 e. The number of fused-ring (bicyclic) bond motifs is 2. The van der Waals surface area contributed by atoms with Crippen molar-refractivity contribution in [2.75, 3.05) is 19.6 Å². The first-order valence-electron chi connectivity index (χ1n) is 8.83. The Morgan fingerprint density at radius 2 is 1.70 bits per heavy atom. The lowest BCUT2D eigenvalue weighted by molar-refractivity contribution is -0.128. The van der Waals surface area contributed by atoms with E-state index >= 15 is 0 Å². The van der Waals surface area contributed by atoms with Crippen molar-refractivity contribution in [2.24, 2.45) is 23.5 Å². The number of likely N-dealkylation sites (N-methyl/N-ethyl adjacent to an activating group) is 1. The van der Waals surface area contributed by atoms with Crippen molar-refractivity contribution < 1.29 is 4.79 Å². The number of nitrogens with two attached hydrogens (primary N) is 1. The number of hydrogen-bond acceptors (Lipinski definition) is 3. The van der Waals surface area contributed by atoms with Crippen LogP contribution in [-0.4, -0.2) is 42.5 Å². The van der Waals surface area contributed by atoms with E-state index in [1.807, 2.05) is 0 Å². The van der Waals surface area contributed by atoms with Crippen molar-refractivity contribution in [3.05, 3.63) is 0 Å². The molecule has 138 valence electrons. The summed E-state index contributed by atoms with van der Waals surface area (Å²) in [6, 6.07) is 0.573. The number of amides is 1. The molecule has 2 rings (SSSR count). The number of hydrogen-bond donors (Lipinski definition) is 2. The molecule has 2 fully saturated rings. The lowest BCUT2D eigenvalue weighted by Crippen LogP contribution is -2.51. The van der Waals surface area contributed by atoms with Crippen molar-refractivity contribution in [1.29, 1.82) is 0 Å². The number of carbonyl (C=O) groups excluding carboxylic acids is 1. The molecule has 2 aliphatic carbocycles. The number of halogens is 2. The predicted octanol–water partition coefficient (Wildman–Crippen LogP) is 2.83. The summed E-state index contributed by atoms with van der Waals surface area (Å²) < 4.78 is 0. The summed E-state index contributed by atoms with van der Waals surface area (Å²) in [7, 11) is 0. The van der Waals surface area contributed by atoms with Gasteiger partial charge in [-0.1, -0.05) is 20.3 Å². The van der Waals surface area contributed by atoms with Gasteiger partial charge < -0.3 is 16.0 Å². The lowest BCUT2D eigenvalue weighted by Gasteiger charge is -2.43. The van der Waals surface area contributed by atoms with E-state index in [9.17, 15) is 4.79 Å². The Hall–Kier alpha value is -0.0300. The van der Waals surface area contributed by atoms with Gasteiger partial charge in [-0.25, -0.2) is 0 Å². The molecule has 4 nitrogen and oxygen atoms in total. The summed E-state index contributed by atoms with van der Waals surface area (Å²) in [5, 5.41) is 3.23. The van der Waals surface area contributed by atoms with Crippen LogP contribution in [0.3, 0.4) is 0 Å². The van der Waals surface area contributed by atoms with E-state index in [2.05, 4.69) is 31.0 Å². The van der Waals surface area contributed by atoms with Crippen LogP contribution in [0.1, 0.15) is 52.9 Å². The van der Waals surface area contributed by atoms with Crippen molar-refractivity contribution in [1.82, 2.24) is 10.2 Å². The highest BCUT2D eigenvalue weighted by Crippen LogP contribution is 2.41. The number of rotatable bonds is 6.